The third kappa shape index (κ3) is 3.96. The number of anilines is 2. The number of benzene rings is 3. The summed E-state index contributed by atoms with van der Waals surface area (Å²) in [5.74, 6) is 0.0801. The maximum absolute atomic E-state index is 14.0. The van der Waals surface area contributed by atoms with Crippen molar-refractivity contribution in [1.29, 1.82) is 0 Å². The van der Waals surface area contributed by atoms with E-state index in [9.17, 15) is 14.0 Å². The van der Waals surface area contributed by atoms with Crippen molar-refractivity contribution in [2.75, 3.05) is 23.9 Å². The standard InChI is InChI=1S/C23H19FN2O4/c1-29-18-7-4-6-15(11-18)23(28)25-17-9-10-20-21(12-17)30-14-22(27)26(20)13-16-5-2-3-8-19(16)24/h2-12H,13-14H2,1H3,(H,25,28). The fraction of sp³-hybridized carbons (Fsp3) is 0.130. The fourth-order valence-electron chi connectivity index (χ4n) is 3.22. The van der Waals surface area contributed by atoms with Crippen LogP contribution in [0.1, 0.15) is 15.9 Å². The number of hydrogen-bond acceptors (Lipinski definition) is 4. The molecule has 0 spiro atoms. The smallest absolute Gasteiger partial charge is 0.265 e. The molecule has 0 fully saturated rings. The lowest BCUT2D eigenvalue weighted by Crippen LogP contribution is -2.38. The lowest BCUT2D eigenvalue weighted by Gasteiger charge is -2.30. The van der Waals surface area contributed by atoms with Crippen LogP contribution in [-0.4, -0.2) is 25.5 Å². The van der Waals surface area contributed by atoms with Gasteiger partial charge in [-0.1, -0.05) is 24.3 Å². The highest BCUT2D eigenvalue weighted by Gasteiger charge is 2.26. The van der Waals surface area contributed by atoms with Gasteiger partial charge >= 0.3 is 0 Å². The molecule has 1 heterocycles. The third-order valence-electron chi connectivity index (χ3n) is 4.78. The highest BCUT2D eigenvalue weighted by molar-refractivity contribution is 6.05. The van der Waals surface area contributed by atoms with Crippen molar-refractivity contribution in [3.05, 3.63) is 83.7 Å². The van der Waals surface area contributed by atoms with Crippen LogP contribution in [0.5, 0.6) is 11.5 Å². The Labute approximate surface area is 172 Å². The van der Waals surface area contributed by atoms with Crippen molar-refractivity contribution in [3.8, 4) is 11.5 Å². The van der Waals surface area contributed by atoms with Crippen LogP contribution in [0.25, 0.3) is 0 Å². The average molecular weight is 406 g/mol. The number of fused-ring (bicyclic) bond motifs is 1. The maximum Gasteiger partial charge on any atom is 0.265 e. The van der Waals surface area contributed by atoms with Gasteiger partial charge in [-0.15, -0.1) is 0 Å². The average Bonchev–Trinajstić information content (AvgIpc) is 2.77. The molecule has 0 atom stereocenters. The second kappa shape index (κ2) is 8.24. The molecule has 4 rings (SSSR count). The Morgan fingerprint density at radius 2 is 1.97 bits per heavy atom. The van der Waals surface area contributed by atoms with Gasteiger partial charge in [0.2, 0.25) is 0 Å². The molecule has 1 N–H and O–H groups in total. The van der Waals surface area contributed by atoms with Crippen LogP contribution < -0.4 is 19.7 Å². The van der Waals surface area contributed by atoms with E-state index in [-0.39, 0.29) is 30.8 Å². The molecule has 0 aromatic heterocycles. The minimum atomic E-state index is -0.375. The maximum atomic E-state index is 14.0. The number of rotatable bonds is 5. The number of nitrogens with one attached hydrogen (secondary N) is 1. The van der Waals surface area contributed by atoms with Crippen LogP contribution in [0.2, 0.25) is 0 Å². The van der Waals surface area contributed by atoms with Gasteiger partial charge in [0.1, 0.15) is 17.3 Å². The van der Waals surface area contributed by atoms with E-state index in [1.165, 1.54) is 18.1 Å². The highest BCUT2D eigenvalue weighted by atomic mass is 19.1. The van der Waals surface area contributed by atoms with Gasteiger partial charge in [-0.3, -0.25) is 9.59 Å². The van der Waals surface area contributed by atoms with Gasteiger partial charge in [0.05, 0.1) is 19.3 Å². The Morgan fingerprint density at radius 1 is 1.13 bits per heavy atom. The van der Waals surface area contributed by atoms with Crippen molar-refractivity contribution in [2.45, 2.75) is 6.54 Å². The summed E-state index contributed by atoms with van der Waals surface area (Å²) in [6.45, 7) is -0.0634. The molecule has 2 amide bonds. The molecule has 0 unspecified atom stereocenters. The van der Waals surface area contributed by atoms with Crippen molar-refractivity contribution in [1.82, 2.24) is 0 Å². The summed E-state index contributed by atoms with van der Waals surface area (Å²) in [6, 6.07) is 18.1. The van der Waals surface area contributed by atoms with Crippen LogP contribution in [0.15, 0.2) is 66.7 Å². The van der Waals surface area contributed by atoms with Crippen LogP contribution in [0.4, 0.5) is 15.8 Å². The van der Waals surface area contributed by atoms with Crippen molar-refractivity contribution in [3.63, 3.8) is 0 Å². The molecule has 0 aliphatic carbocycles. The van der Waals surface area contributed by atoms with E-state index in [0.29, 0.717) is 34.0 Å². The number of carbonyl (C=O) groups is 2. The van der Waals surface area contributed by atoms with E-state index in [2.05, 4.69) is 5.32 Å². The number of hydrogen-bond donors (Lipinski definition) is 1. The van der Waals surface area contributed by atoms with E-state index in [4.69, 9.17) is 9.47 Å². The van der Waals surface area contributed by atoms with Gasteiger partial charge in [-0.05, 0) is 36.4 Å². The first-order valence-electron chi connectivity index (χ1n) is 9.31. The summed E-state index contributed by atoms with van der Waals surface area (Å²) in [5.41, 5.74) is 1.90. The molecule has 1 aliphatic heterocycles. The molecule has 0 saturated carbocycles. The molecule has 6 nitrogen and oxygen atoms in total. The zero-order chi connectivity index (χ0) is 21.1. The van der Waals surface area contributed by atoms with E-state index in [1.807, 2.05) is 0 Å². The normalized spacial score (nSPS) is 12.7. The van der Waals surface area contributed by atoms with Crippen LogP contribution in [0.3, 0.4) is 0 Å². The predicted molar refractivity (Wildman–Crippen MR) is 110 cm³/mol. The number of methoxy groups -OCH3 is 1. The Kier molecular flexibility index (Phi) is 5.34. The van der Waals surface area contributed by atoms with E-state index in [0.717, 1.165) is 0 Å². The fourth-order valence-corrected chi connectivity index (χ4v) is 3.22. The third-order valence-corrected chi connectivity index (χ3v) is 4.78. The van der Waals surface area contributed by atoms with Crippen LogP contribution in [-0.2, 0) is 11.3 Å². The summed E-state index contributed by atoms with van der Waals surface area (Å²) in [7, 11) is 1.53. The summed E-state index contributed by atoms with van der Waals surface area (Å²) in [5, 5.41) is 2.81. The van der Waals surface area contributed by atoms with E-state index >= 15 is 0 Å². The van der Waals surface area contributed by atoms with Gasteiger partial charge < -0.3 is 19.7 Å². The molecule has 0 bridgehead atoms. The highest BCUT2D eigenvalue weighted by Crippen LogP contribution is 2.35. The Morgan fingerprint density at radius 3 is 2.77 bits per heavy atom. The van der Waals surface area contributed by atoms with E-state index in [1.54, 1.807) is 60.7 Å². The van der Waals surface area contributed by atoms with Crippen LogP contribution >= 0.6 is 0 Å². The van der Waals surface area contributed by atoms with Gasteiger partial charge in [0.15, 0.2) is 6.61 Å². The van der Waals surface area contributed by atoms with Crippen LogP contribution in [0, 0.1) is 5.82 Å². The molecule has 30 heavy (non-hydrogen) atoms. The zero-order valence-electron chi connectivity index (χ0n) is 16.2. The van der Waals surface area contributed by atoms with Gasteiger partial charge in [0.25, 0.3) is 11.8 Å². The minimum Gasteiger partial charge on any atom is -0.497 e. The van der Waals surface area contributed by atoms with Gasteiger partial charge in [0, 0.05) is 22.9 Å². The van der Waals surface area contributed by atoms with E-state index < -0.39 is 0 Å². The molecule has 0 saturated heterocycles. The number of amides is 2. The number of halogens is 1. The number of nitrogens with zero attached hydrogens (tertiary/aromatic N) is 1. The first kappa shape index (κ1) is 19.4. The molecule has 3 aromatic carbocycles. The Bertz CT molecular complexity index is 1120. The van der Waals surface area contributed by atoms with Gasteiger partial charge in [-0.25, -0.2) is 4.39 Å². The monoisotopic (exact) mass is 406 g/mol. The Hall–Kier alpha value is -3.87. The topological polar surface area (TPSA) is 67.9 Å². The number of ether oxygens (including phenoxy) is 2. The van der Waals surface area contributed by atoms with Crippen molar-refractivity contribution in [2.24, 2.45) is 0 Å². The largest absolute Gasteiger partial charge is 0.497 e. The molecule has 1 aliphatic rings. The first-order chi connectivity index (χ1) is 14.5. The molecule has 3 aromatic rings. The van der Waals surface area contributed by atoms with Crippen molar-refractivity contribution < 1.29 is 23.5 Å². The molecule has 0 radical (unpaired) electrons. The molecular weight excluding hydrogens is 387 g/mol. The zero-order valence-corrected chi connectivity index (χ0v) is 16.2. The Balaban J connectivity index is 1.56. The predicted octanol–water partition coefficient (Wildman–Crippen LogP) is 4.01. The van der Waals surface area contributed by atoms with Crippen molar-refractivity contribution >= 4 is 23.2 Å². The summed E-state index contributed by atoms with van der Waals surface area (Å²) in [4.78, 5) is 26.4. The lowest BCUT2D eigenvalue weighted by molar-refractivity contribution is -0.121. The molecule has 152 valence electrons. The lowest BCUT2D eigenvalue weighted by atomic mass is 10.1. The number of carbonyl (C=O) groups excluding carboxylic acids is 2. The quantitative estimate of drug-likeness (QED) is 0.695. The van der Waals surface area contributed by atoms with Gasteiger partial charge in [-0.2, -0.15) is 0 Å². The second-order valence-corrected chi connectivity index (χ2v) is 6.73. The SMILES string of the molecule is COc1cccc(C(=O)Nc2ccc3c(c2)OCC(=O)N3Cc2ccccc2F)c1. The first-order valence-corrected chi connectivity index (χ1v) is 9.31. The summed E-state index contributed by atoms with van der Waals surface area (Å²) in [6.07, 6.45) is 0. The second-order valence-electron chi connectivity index (χ2n) is 6.73. The summed E-state index contributed by atoms with van der Waals surface area (Å²) < 4.78 is 24.7. The summed E-state index contributed by atoms with van der Waals surface area (Å²) >= 11 is 0. The molecular formula is C23H19FN2O4. The molecule has 7 heteroatoms. The minimum absolute atomic E-state index is 0.0946.